The molecule has 0 aromatic heterocycles. The van der Waals surface area contributed by atoms with Crippen LogP contribution in [0.25, 0.3) is 11.1 Å². The number of ether oxygens (including phenoxy) is 2. The van der Waals surface area contributed by atoms with Crippen molar-refractivity contribution in [3.8, 4) is 16.9 Å². The van der Waals surface area contributed by atoms with E-state index in [1.54, 1.807) is 0 Å². The van der Waals surface area contributed by atoms with Gasteiger partial charge < -0.3 is 9.47 Å². The van der Waals surface area contributed by atoms with Crippen LogP contribution in [-0.2, 0) is 11.2 Å². The number of aryl methyl sites for hydroxylation is 1. The number of carbonyl (C=O) groups excluding carboxylic acids is 1. The first-order valence-electron chi connectivity index (χ1n) is 19.7. The van der Waals surface area contributed by atoms with Gasteiger partial charge in [-0.25, -0.2) is 4.79 Å². The van der Waals surface area contributed by atoms with Gasteiger partial charge in [0.05, 0.1) is 11.7 Å². The Balaban J connectivity index is 1.21. The van der Waals surface area contributed by atoms with E-state index in [4.69, 9.17) is 9.47 Å². The highest BCUT2D eigenvalue weighted by molar-refractivity contribution is 5.91. The highest BCUT2D eigenvalue weighted by atomic mass is 16.5. The van der Waals surface area contributed by atoms with Crippen LogP contribution in [0.3, 0.4) is 0 Å². The third-order valence-corrected chi connectivity index (χ3v) is 9.65. The van der Waals surface area contributed by atoms with Crippen LogP contribution in [0.15, 0.2) is 72.8 Å². The lowest BCUT2D eigenvalue weighted by atomic mass is 10.0. The molecule has 0 fully saturated rings. The van der Waals surface area contributed by atoms with Crippen LogP contribution in [-0.4, -0.2) is 12.6 Å². The van der Waals surface area contributed by atoms with Crippen molar-refractivity contribution in [3.05, 3.63) is 89.5 Å². The van der Waals surface area contributed by atoms with Crippen LogP contribution >= 0.6 is 0 Å². The van der Waals surface area contributed by atoms with E-state index in [1.807, 2.05) is 48.5 Å². The van der Waals surface area contributed by atoms with E-state index in [1.165, 1.54) is 133 Å². The molecule has 1 unspecified atom stereocenters. The summed E-state index contributed by atoms with van der Waals surface area (Å²) in [6, 6.07) is 24.1. The van der Waals surface area contributed by atoms with Gasteiger partial charge in [-0.3, -0.25) is 0 Å². The second kappa shape index (κ2) is 25.1. The van der Waals surface area contributed by atoms with E-state index in [9.17, 15) is 4.79 Å². The topological polar surface area (TPSA) is 35.5 Å². The maximum Gasteiger partial charge on any atom is 0.343 e. The smallest absolute Gasteiger partial charge is 0.343 e. The molecule has 48 heavy (non-hydrogen) atoms. The van der Waals surface area contributed by atoms with Crippen molar-refractivity contribution < 1.29 is 14.3 Å². The molecule has 0 spiro atoms. The van der Waals surface area contributed by atoms with Crippen LogP contribution in [0, 0.1) is 0 Å². The maximum absolute atomic E-state index is 12.7. The zero-order valence-electron chi connectivity index (χ0n) is 30.8. The van der Waals surface area contributed by atoms with Gasteiger partial charge >= 0.3 is 5.97 Å². The summed E-state index contributed by atoms with van der Waals surface area (Å²) < 4.78 is 11.8. The molecule has 1 atom stereocenters. The van der Waals surface area contributed by atoms with Gasteiger partial charge in [0.2, 0.25) is 0 Å². The SMILES string of the molecule is CCCCCCCCCCCCCCCCCCCCOC(C)c1ccc(-c2ccc(C(=O)Oc3ccc(CCCC)cc3)cc2)cc1. The molecule has 0 aliphatic carbocycles. The monoisotopic (exact) mass is 655 g/mol. The van der Waals surface area contributed by atoms with Gasteiger partial charge in [0, 0.05) is 6.61 Å². The van der Waals surface area contributed by atoms with Crippen molar-refractivity contribution in [2.45, 2.75) is 162 Å². The van der Waals surface area contributed by atoms with Gasteiger partial charge in [-0.15, -0.1) is 0 Å². The quantitative estimate of drug-likeness (QED) is 0.0466. The molecule has 0 aliphatic heterocycles. The van der Waals surface area contributed by atoms with E-state index in [0.717, 1.165) is 30.6 Å². The van der Waals surface area contributed by atoms with Crippen LogP contribution in [0.2, 0.25) is 0 Å². The van der Waals surface area contributed by atoms with E-state index < -0.39 is 0 Å². The Labute approximate surface area is 294 Å². The molecule has 3 nitrogen and oxygen atoms in total. The minimum Gasteiger partial charge on any atom is -0.423 e. The lowest BCUT2D eigenvalue weighted by molar-refractivity contribution is 0.0627. The zero-order valence-corrected chi connectivity index (χ0v) is 30.8. The predicted octanol–water partition coefficient (Wildman–Crippen LogP) is 14.0. The first kappa shape index (κ1) is 39.5. The van der Waals surface area contributed by atoms with Crippen molar-refractivity contribution in [1.82, 2.24) is 0 Å². The minimum absolute atomic E-state index is 0.0858. The average Bonchev–Trinajstić information content (AvgIpc) is 3.12. The molecule has 3 rings (SSSR count). The molecule has 0 heterocycles. The second-order valence-electron chi connectivity index (χ2n) is 13.9. The molecule has 264 valence electrons. The van der Waals surface area contributed by atoms with E-state index in [0.29, 0.717) is 11.3 Å². The molecule has 0 saturated heterocycles. The van der Waals surface area contributed by atoms with Crippen molar-refractivity contribution in [2.75, 3.05) is 6.61 Å². The first-order chi connectivity index (χ1) is 23.6. The van der Waals surface area contributed by atoms with Crippen molar-refractivity contribution in [1.29, 1.82) is 0 Å². The van der Waals surface area contributed by atoms with Crippen molar-refractivity contribution >= 4 is 5.97 Å². The third-order valence-electron chi connectivity index (χ3n) is 9.65. The summed E-state index contributed by atoms with van der Waals surface area (Å²) in [7, 11) is 0. The summed E-state index contributed by atoms with van der Waals surface area (Å²) >= 11 is 0. The third kappa shape index (κ3) is 16.5. The number of hydrogen-bond acceptors (Lipinski definition) is 3. The van der Waals surface area contributed by atoms with Crippen LogP contribution in [0.5, 0.6) is 5.75 Å². The minimum atomic E-state index is -0.334. The Morgan fingerprint density at radius 1 is 0.521 bits per heavy atom. The van der Waals surface area contributed by atoms with Gasteiger partial charge in [0.15, 0.2) is 0 Å². The van der Waals surface area contributed by atoms with Gasteiger partial charge in [0.1, 0.15) is 5.75 Å². The fourth-order valence-electron chi connectivity index (χ4n) is 6.38. The normalized spacial score (nSPS) is 11.9. The Morgan fingerprint density at radius 2 is 0.958 bits per heavy atom. The lowest BCUT2D eigenvalue weighted by Gasteiger charge is -2.14. The molecule has 0 bridgehead atoms. The molecule has 3 aromatic carbocycles. The van der Waals surface area contributed by atoms with E-state index in [2.05, 4.69) is 45.0 Å². The van der Waals surface area contributed by atoms with Crippen molar-refractivity contribution in [2.24, 2.45) is 0 Å². The summed E-state index contributed by atoms with van der Waals surface area (Å²) in [6.45, 7) is 7.45. The fourth-order valence-corrected chi connectivity index (χ4v) is 6.38. The number of rotatable bonds is 27. The lowest BCUT2D eigenvalue weighted by Crippen LogP contribution is -2.08. The highest BCUT2D eigenvalue weighted by Gasteiger charge is 2.10. The summed E-state index contributed by atoms with van der Waals surface area (Å²) in [4.78, 5) is 12.7. The Morgan fingerprint density at radius 3 is 1.44 bits per heavy atom. The molecular weight excluding hydrogens is 588 g/mol. The second-order valence-corrected chi connectivity index (χ2v) is 13.9. The fraction of sp³-hybridized carbons (Fsp3) is 0.578. The van der Waals surface area contributed by atoms with Crippen LogP contribution in [0.1, 0.15) is 177 Å². The molecule has 0 radical (unpaired) electrons. The molecule has 0 amide bonds. The average molecular weight is 655 g/mol. The molecule has 0 N–H and O–H groups in total. The highest BCUT2D eigenvalue weighted by Crippen LogP contribution is 2.25. The number of unbranched alkanes of at least 4 members (excludes halogenated alkanes) is 18. The Bertz CT molecular complexity index is 1210. The van der Waals surface area contributed by atoms with Crippen LogP contribution < -0.4 is 4.74 Å². The molecule has 3 aromatic rings. The van der Waals surface area contributed by atoms with Crippen molar-refractivity contribution in [3.63, 3.8) is 0 Å². The largest absolute Gasteiger partial charge is 0.423 e. The summed E-state index contributed by atoms with van der Waals surface area (Å²) in [5.41, 5.74) is 5.21. The van der Waals surface area contributed by atoms with E-state index >= 15 is 0 Å². The van der Waals surface area contributed by atoms with Gasteiger partial charge in [-0.1, -0.05) is 178 Å². The predicted molar refractivity (Wildman–Crippen MR) is 205 cm³/mol. The summed E-state index contributed by atoms with van der Waals surface area (Å²) in [5, 5.41) is 0. The van der Waals surface area contributed by atoms with E-state index in [-0.39, 0.29) is 12.1 Å². The van der Waals surface area contributed by atoms with Gasteiger partial charge in [-0.2, -0.15) is 0 Å². The standard InChI is InChI=1S/C45H66O3/c1-4-6-8-9-10-11-12-13-14-15-16-17-18-19-20-21-22-23-37-47-38(3)40-27-29-41(30-28-40)42-31-33-43(34-32-42)45(46)48-44-35-25-39(26-36-44)24-7-5-2/h25-36,38H,4-24,37H2,1-3H3. The maximum atomic E-state index is 12.7. The Kier molecular flexibility index (Phi) is 20.7. The molecule has 0 saturated carbocycles. The molecule has 0 aliphatic rings. The molecule has 3 heteroatoms. The van der Waals surface area contributed by atoms with Gasteiger partial charge in [0.25, 0.3) is 0 Å². The molecular formula is C45H66O3. The number of carbonyl (C=O) groups is 1. The summed E-state index contributed by atoms with van der Waals surface area (Å²) in [5.74, 6) is 0.246. The zero-order chi connectivity index (χ0) is 34.1. The number of esters is 1. The Hall–Kier alpha value is -2.91. The summed E-state index contributed by atoms with van der Waals surface area (Å²) in [6.07, 6.45) is 28.6. The van der Waals surface area contributed by atoms with Gasteiger partial charge in [-0.05, 0) is 72.7 Å². The number of hydrogen-bond donors (Lipinski definition) is 0. The van der Waals surface area contributed by atoms with Crippen LogP contribution in [0.4, 0.5) is 0 Å². The first-order valence-corrected chi connectivity index (χ1v) is 19.7. The number of benzene rings is 3.